The highest BCUT2D eigenvalue weighted by atomic mass is 32.2. The number of hydrogen-bond donors (Lipinski definition) is 1. The van der Waals surface area contributed by atoms with Crippen LogP contribution >= 0.6 is 11.8 Å². The molecule has 2 aliphatic rings. The van der Waals surface area contributed by atoms with Crippen LogP contribution in [-0.2, 0) is 4.79 Å². The van der Waals surface area contributed by atoms with Gasteiger partial charge in [0.15, 0.2) is 0 Å². The molecule has 2 saturated carbocycles. The summed E-state index contributed by atoms with van der Waals surface area (Å²) in [6.45, 7) is 1.85. The van der Waals surface area contributed by atoms with Gasteiger partial charge in [0.25, 0.3) is 0 Å². The molecule has 0 bridgehead atoms. The summed E-state index contributed by atoms with van der Waals surface area (Å²) in [6.07, 6.45) is 7.24. The Bertz CT molecular complexity index is 329. The Labute approximate surface area is 107 Å². The first-order valence-electron chi connectivity index (χ1n) is 6.48. The molecule has 0 heterocycles. The molecule has 0 spiro atoms. The predicted molar refractivity (Wildman–Crippen MR) is 69.6 cm³/mol. The van der Waals surface area contributed by atoms with Gasteiger partial charge in [0.2, 0.25) is 5.91 Å². The third kappa shape index (κ3) is 3.38. The first-order valence-corrected chi connectivity index (χ1v) is 7.53. The number of rotatable bonds is 5. The van der Waals surface area contributed by atoms with Gasteiger partial charge in [-0.2, -0.15) is 5.26 Å². The average molecular weight is 252 g/mol. The maximum atomic E-state index is 11.8. The highest BCUT2D eigenvalue weighted by Crippen LogP contribution is 2.39. The van der Waals surface area contributed by atoms with Gasteiger partial charge in [-0.05, 0) is 38.5 Å². The van der Waals surface area contributed by atoms with Crippen molar-refractivity contribution < 1.29 is 4.79 Å². The lowest BCUT2D eigenvalue weighted by Gasteiger charge is -2.23. The molecule has 1 atom stereocenters. The largest absolute Gasteiger partial charge is 0.337 e. The summed E-state index contributed by atoms with van der Waals surface area (Å²) in [5.74, 6) is 0.903. The SMILES string of the molecule is C[C@](C#N)(NC(=O)CSC1CCCC1)C1CC1. The highest BCUT2D eigenvalue weighted by molar-refractivity contribution is 8.00. The second-order valence-electron chi connectivity index (χ2n) is 5.35. The van der Waals surface area contributed by atoms with E-state index in [1.165, 1.54) is 25.7 Å². The fourth-order valence-electron chi connectivity index (χ4n) is 2.46. The molecule has 2 rings (SSSR count). The smallest absolute Gasteiger partial charge is 0.231 e. The fraction of sp³-hybridized carbons (Fsp3) is 0.846. The zero-order chi connectivity index (χ0) is 12.3. The number of hydrogen-bond acceptors (Lipinski definition) is 3. The number of thioether (sulfide) groups is 1. The zero-order valence-corrected chi connectivity index (χ0v) is 11.2. The van der Waals surface area contributed by atoms with Crippen LogP contribution in [0.1, 0.15) is 45.4 Å². The quantitative estimate of drug-likeness (QED) is 0.817. The Balaban J connectivity index is 1.74. The molecule has 0 saturated heterocycles. The molecule has 0 unspecified atom stereocenters. The summed E-state index contributed by atoms with van der Waals surface area (Å²) in [4.78, 5) is 11.8. The minimum Gasteiger partial charge on any atom is -0.337 e. The van der Waals surface area contributed by atoms with E-state index in [1.807, 2.05) is 6.92 Å². The molecule has 0 aromatic rings. The molecule has 1 N–H and O–H groups in total. The van der Waals surface area contributed by atoms with Crippen LogP contribution in [0.2, 0.25) is 0 Å². The number of carbonyl (C=O) groups excluding carboxylic acids is 1. The van der Waals surface area contributed by atoms with E-state index in [-0.39, 0.29) is 5.91 Å². The third-order valence-electron chi connectivity index (χ3n) is 3.78. The van der Waals surface area contributed by atoms with Crippen LogP contribution in [0, 0.1) is 17.2 Å². The van der Waals surface area contributed by atoms with E-state index >= 15 is 0 Å². The van der Waals surface area contributed by atoms with Crippen molar-refractivity contribution in [2.75, 3.05) is 5.75 Å². The van der Waals surface area contributed by atoms with Gasteiger partial charge >= 0.3 is 0 Å². The van der Waals surface area contributed by atoms with E-state index in [9.17, 15) is 4.79 Å². The van der Waals surface area contributed by atoms with Gasteiger partial charge in [-0.3, -0.25) is 4.79 Å². The molecule has 4 heteroatoms. The number of carbonyl (C=O) groups is 1. The van der Waals surface area contributed by atoms with Crippen molar-refractivity contribution in [2.45, 2.75) is 56.2 Å². The Hall–Kier alpha value is -0.690. The molecular weight excluding hydrogens is 232 g/mol. The van der Waals surface area contributed by atoms with E-state index in [1.54, 1.807) is 11.8 Å². The molecule has 3 nitrogen and oxygen atoms in total. The van der Waals surface area contributed by atoms with Crippen LogP contribution in [0.25, 0.3) is 0 Å². The van der Waals surface area contributed by atoms with Gasteiger partial charge in [0.1, 0.15) is 5.54 Å². The summed E-state index contributed by atoms with van der Waals surface area (Å²) in [5.41, 5.74) is -0.632. The molecule has 0 aromatic heterocycles. The van der Waals surface area contributed by atoms with Crippen LogP contribution in [0.4, 0.5) is 0 Å². The van der Waals surface area contributed by atoms with Crippen molar-refractivity contribution in [2.24, 2.45) is 5.92 Å². The standard InChI is InChI=1S/C13H20N2OS/c1-13(9-14,10-6-7-10)15-12(16)8-17-11-4-2-3-5-11/h10-11H,2-8H2,1H3,(H,15,16)/t13-/m1/s1. The van der Waals surface area contributed by atoms with Crippen LogP contribution in [0.3, 0.4) is 0 Å². The summed E-state index contributed by atoms with van der Waals surface area (Å²) in [7, 11) is 0. The van der Waals surface area contributed by atoms with E-state index in [0.717, 1.165) is 12.8 Å². The lowest BCUT2D eigenvalue weighted by molar-refractivity contribution is -0.119. The van der Waals surface area contributed by atoms with E-state index in [4.69, 9.17) is 5.26 Å². The topological polar surface area (TPSA) is 52.9 Å². The summed E-state index contributed by atoms with van der Waals surface area (Å²) < 4.78 is 0. The summed E-state index contributed by atoms with van der Waals surface area (Å²) in [5, 5.41) is 12.7. The molecule has 2 fully saturated rings. The highest BCUT2D eigenvalue weighted by Gasteiger charge is 2.42. The Morgan fingerprint density at radius 1 is 1.41 bits per heavy atom. The van der Waals surface area contributed by atoms with E-state index in [0.29, 0.717) is 16.9 Å². The number of amides is 1. The van der Waals surface area contributed by atoms with Crippen LogP contribution in [0.5, 0.6) is 0 Å². The van der Waals surface area contributed by atoms with Gasteiger partial charge < -0.3 is 5.32 Å². The van der Waals surface area contributed by atoms with Crippen molar-refractivity contribution >= 4 is 17.7 Å². The molecule has 0 aromatic carbocycles. The fourth-order valence-corrected chi connectivity index (χ4v) is 3.58. The summed E-state index contributed by atoms with van der Waals surface area (Å²) in [6, 6.07) is 2.26. The Morgan fingerprint density at radius 3 is 2.59 bits per heavy atom. The van der Waals surface area contributed by atoms with Gasteiger partial charge in [-0.1, -0.05) is 12.8 Å². The first kappa shape index (κ1) is 12.8. The molecule has 17 heavy (non-hydrogen) atoms. The molecule has 94 valence electrons. The third-order valence-corrected chi connectivity index (χ3v) is 5.15. The minimum absolute atomic E-state index is 0.0258. The molecule has 0 aliphatic heterocycles. The van der Waals surface area contributed by atoms with Gasteiger partial charge in [0, 0.05) is 5.25 Å². The van der Waals surface area contributed by atoms with Crippen molar-refractivity contribution in [1.29, 1.82) is 5.26 Å². The Morgan fingerprint density at radius 2 is 2.06 bits per heavy atom. The molecule has 2 aliphatic carbocycles. The van der Waals surface area contributed by atoms with E-state index < -0.39 is 5.54 Å². The lowest BCUT2D eigenvalue weighted by atomic mass is 9.98. The average Bonchev–Trinajstić information content (AvgIpc) is 3.05. The van der Waals surface area contributed by atoms with Gasteiger partial charge in [-0.15, -0.1) is 11.8 Å². The maximum absolute atomic E-state index is 11.8. The van der Waals surface area contributed by atoms with Crippen molar-refractivity contribution in [3.05, 3.63) is 0 Å². The lowest BCUT2D eigenvalue weighted by Crippen LogP contribution is -2.47. The van der Waals surface area contributed by atoms with Crippen LogP contribution < -0.4 is 5.32 Å². The maximum Gasteiger partial charge on any atom is 0.231 e. The second-order valence-corrected chi connectivity index (χ2v) is 6.64. The normalized spacial score (nSPS) is 24.0. The number of nitriles is 1. The van der Waals surface area contributed by atoms with Crippen molar-refractivity contribution in [3.8, 4) is 6.07 Å². The monoisotopic (exact) mass is 252 g/mol. The molecular formula is C13H20N2OS. The second kappa shape index (κ2) is 5.30. The molecule has 0 radical (unpaired) electrons. The van der Waals surface area contributed by atoms with Crippen molar-refractivity contribution in [1.82, 2.24) is 5.32 Å². The van der Waals surface area contributed by atoms with Crippen LogP contribution in [-0.4, -0.2) is 22.4 Å². The predicted octanol–water partition coefficient (Wildman–Crippen LogP) is 2.47. The Kier molecular flexibility index (Phi) is 3.98. The summed E-state index contributed by atoms with van der Waals surface area (Å²) >= 11 is 1.75. The zero-order valence-electron chi connectivity index (χ0n) is 10.4. The van der Waals surface area contributed by atoms with Gasteiger partial charge in [-0.25, -0.2) is 0 Å². The first-order chi connectivity index (χ1) is 8.14. The van der Waals surface area contributed by atoms with E-state index in [2.05, 4.69) is 11.4 Å². The van der Waals surface area contributed by atoms with Crippen LogP contribution in [0.15, 0.2) is 0 Å². The molecule has 1 amide bonds. The van der Waals surface area contributed by atoms with Gasteiger partial charge in [0.05, 0.1) is 11.8 Å². The number of nitrogens with zero attached hydrogens (tertiary/aromatic N) is 1. The van der Waals surface area contributed by atoms with Crippen molar-refractivity contribution in [3.63, 3.8) is 0 Å². The minimum atomic E-state index is -0.632. The number of nitrogens with one attached hydrogen (secondary N) is 1.